The lowest BCUT2D eigenvalue weighted by Crippen LogP contribution is -2.22. The predicted octanol–water partition coefficient (Wildman–Crippen LogP) is 5.87. The molecule has 3 aromatic rings. The van der Waals surface area contributed by atoms with E-state index in [1.54, 1.807) is 18.2 Å². The SMILES string of the molecule is Cc1ccc(C(C)C)c(OCC(=O)Nc2ccc(Cl)cc2C(O)c2ccccc2)c1. The van der Waals surface area contributed by atoms with Crippen molar-refractivity contribution in [2.45, 2.75) is 32.8 Å². The second-order valence-corrected chi connectivity index (χ2v) is 8.01. The molecule has 4 nitrogen and oxygen atoms in total. The van der Waals surface area contributed by atoms with Gasteiger partial charge in [-0.25, -0.2) is 0 Å². The fourth-order valence-corrected chi connectivity index (χ4v) is 3.44. The molecule has 1 unspecified atom stereocenters. The molecule has 156 valence electrons. The molecule has 0 aromatic heterocycles. The van der Waals surface area contributed by atoms with Crippen LogP contribution in [0.4, 0.5) is 5.69 Å². The highest BCUT2D eigenvalue weighted by Crippen LogP contribution is 2.31. The van der Waals surface area contributed by atoms with Gasteiger partial charge in [-0.05, 0) is 53.8 Å². The van der Waals surface area contributed by atoms with Crippen molar-refractivity contribution < 1.29 is 14.6 Å². The Kier molecular flexibility index (Phi) is 7.14. The number of amides is 1. The highest BCUT2D eigenvalue weighted by atomic mass is 35.5. The van der Waals surface area contributed by atoms with Gasteiger partial charge >= 0.3 is 0 Å². The summed E-state index contributed by atoms with van der Waals surface area (Å²) in [5, 5.41) is 14.1. The van der Waals surface area contributed by atoms with E-state index in [2.05, 4.69) is 19.2 Å². The summed E-state index contributed by atoms with van der Waals surface area (Å²) in [7, 11) is 0. The number of aliphatic hydroxyl groups excluding tert-OH is 1. The number of halogens is 1. The maximum absolute atomic E-state index is 12.6. The molecule has 0 spiro atoms. The minimum Gasteiger partial charge on any atom is -0.483 e. The van der Waals surface area contributed by atoms with E-state index < -0.39 is 6.10 Å². The Morgan fingerprint density at radius 3 is 2.47 bits per heavy atom. The van der Waals surface area contributed by atoms with E-state index in [0.29, 0.717) is 27.6 Å². The maximum atomic E-state index is 12.6. The molecule has 3 rings (SSSR count). The Hall–Kier alpha value is -2.82. The van der Waals surface area contributed by atoms with Gasteiger partial charge in [0, 0.05) is 16.3 Å². The van der Waals surface area contributed by atoms with Gasteiger partial charge in [-0.15, -0.1) is 0 Å². The molecule has 0 heterocycles. The van der Waals surface area contributed by atoms with E-state index in [9.17, 15) is 9.90 Å². The number of carbonyl (C=O) groups is 1. The molecule has 0 fully saturated rings. The fourth-order valence-electron chi connectivity index (χ4n) is 3.26. The van der Waals surface area contributed by atoms with Gasteiger partial charge in [-0.1, -0.05) is 67.9 Å². The van der Waals surface area contributed by atoms with Crippen LogP contribution in [0.15, 0.2) is 66.7 Å². The Labute approximate surface area is 182 Å². The molecule has 0 radical (unpaired) electrons. The molecule has 5 heteroatoms. The lowest BCUT2D eigenvalue weighted by atomic mass is 10.00. The van der Waals surface area contributed by atoms with Crippen molar-refractivity contribution in [3.63, 3.8) is 0 Å². The summed E-state index contributed by atoms with van der Waals surface area (Å²) >= 11 is 6.14. The average Bonchev–Trinajstić information content (AvgIpc) is 2.73. The normalized spacial score (nSPS) is 11.9. The zero-order chi connectivity index (χ0) is 21.7. The first-order chi connectivity index (χ1) is 14.3. The highest BCUT2D eigenvalue weighted by molar-refractivity contribution is 6.30. The second kappa shape index (κ2) is 9.79. The Morgan fingerprint density at radius 1 is 1.03 bits per heavy atom. The summed E-state index contributed by atoms with van der Waals surface area (Å²) < 4.78 is 5.82. The third kappa shape index (κ3) is 5.41. The Bertz CT molecular complexity index is 1020. The molecule has 1 amide bonds. The monoisotopic (exact) mass is 423 g/mol. The van der Waals surface area contributed by atoms with Gasteiger partial charge in [0.2, 0.25) is 0 Å². The number of anilines is 1. The van der Waals surface area contributed by atoms with Crippen molar-refractivity contribution in [2.75, 3.05) is 11.9 Å². The number of nitrogens with one attached hydrogen (secondary N) is 1. The first kappa shape index (κ1) is 21.9. The van der Waals surface area contributed by atoms with Crippen molar-refractivity contribution >= 4 is 23.2 Å². The number of hydrogen-bond donors (Lipinski definition) is 2. The molecular formula is C25H26ClNO3. The number of aryl methyl sites for hydroxylation is 1. The topological polar surface area (TPSA) is 58.6 Å². The fraction of sp³-hybridized carbons (Fsp3) is 0.240. The molecule has 0 bridgehead atoms. The van der Waals surface area contributed by atoms with Gasteiger partial charge < -0.3 is 15.2 Å². The highest BCUT2D eigenvalue weighted by Gasteiger charge is 2.17. The largest absolute Gasteiger partial charge is 0.483 e. The van der Waals surface area contributed by atoms with Crippen LogP contribution in [-0.2, 0) is 4.79 Å². The van der Waals surface area contributed by atoms with Crippen LogP contribution >= 0.6 is 11.6 Å². The van der Waals surface area contributed by atoms with Crippen LogP contribution in [0.25, 0.3) is 0 Å². The number of carbonyl (C=O) groups excluding carboxylic acids is 1. The van der Waals surface area contributed by atoms with E-state index >= 15 is 0 Å². The first-order valence-corrected chi connectivity index (χ1v) is 10.3. The van der Waals surface area contributed by atoms with Gasteiger partial charge in [-0.3, -0.25) is 4.79 Å². The number of benzene rings is 3. The van der Waals surface area contributed by atoms with Crippen molar-refractivity contribution in [3.05, 3.63) is 94.0 Å². The zero-order valence-corrected chi connectivity index (χ0v) is 18.1. The van der Waals surface area contributed by atoms with Crippen LogP contribution in [0.5, 0.6) is 5.75 Å². The van der Waals surface area contributed by atoms with Gasteiger partial charge in [-0.2, -0.15) is 0 Å². The summed E-state index contributed by atoms with van der Waals surface area (Å²) in [6.07, 6.45) is -0.912. The van der Waals surface area contributed by atoms with Crippen LogP contribution in [0.2, 0.25) is 5.02 Å². The third-order valence-electron chi connectivity index (χ3n) is 4.85. The summed E-state index contributed by atoms with van der Waals surface area (Å²) in [5.74, 6) is 0.684. The van der Waals surface area contributed by atoms with Gasteiger partial charge in [0.05, 0.1) is 0 Å². The van der Waals surface area contributed by atoms with E-state index in [1.165, 1.54) is 0 Å². The molecule has 0 aliphatic rings. The Morgan fingerprint density at radius 2 is 1.77 bits per heavy atom. The third-order valence-corrected chi connectivity index (χ3v) is 5.08. The summed E-state index contributed by atoms with van der Waals surface area (Å²) in [4.78, 5) is 12.6. The van der Waals surface area contributed by atoms with Crippen LogP contribution < -0.4 is 10.1 Å². The quantitative estimate of drug-likeness (QED) is 0.499. The molecule has 3 aromatic carbocycles. The lowest BCUT2D eigenvalue weighted by Gasteiger charge is -2.18. The van der Waals surface area contributed by atoms with Gasteiger partial charge in [0.25, 0.3) is 5.91 Å². The van der Waals surface area contributed by atoms with E-state index in [-0.39, 0.29) is 18.4 Å². The van der Waals surface area contributed by atoms with Crippen molar-refractivity contribution in [3.8, 4) is 5.75 Å². The first-order valence-electron chi connectivity index (χ1n) is 9.91. The standard InChI is InChI=1S/C25H26ClNO3/c1-16(2)20-11-9-17(3)13-23(20)30-15-24(28)27-22-12-10-19(26)14-21(22)25(29)18-7-5-4-6-8-18/h4-14,16,25,29H,15H2,1-3H3,(H,27,28). The lowest BCUT2D eigenvalue weighted by molar-refractivity contribution is -0.118. The van der Waals surface area contributed by atoms with Crippen molar-refractivity contribution in [2.24, 2.45) is 0 Å². The number of rotatable bonds is 7. The molecule has 30 heavy (non-hydrogen) atoms. The smallest absolute Gasteiger partial charge is 0.262 e. The van der Waals surface area contributed by atoms with Crippen LogP contribution in [0, 0.1) is 6.92 Å². The van der Waals surface area contributed by atoms with Crippen molar-refractivity contribution in [1.82, 2.24) is 0 Å². The van der Waals surface area contributed by atoms with Crippen LogP contribution in [0.1, 0.15) is 48.1 Å². The molecule has 2 N–H and O–H groups in total. The summed E-state index contributed by atoms with van der Waals surface area (Å²) in [5.41, 5.74) is 3.87. The predicted molar refractivity (Wildman–Crippen MR) is 121 cm³/mol. The van der Waals surface area contributed by atoms with Gasteiger partial charge in [0.1, 0.15) is 11.9 Å². The molecule has 0 aliphatic heterocycles. The molecule has 0 aliphatic carbocycles. The van der Waals surface area contributed by atoms with E-state index in [4.69, 9.17) is 16.3 Å². The van der Waals surface area contributed by atoms with Crippen molar-refractivity contribution in [1.29, 1.82) is 0 Å². The molecular weight excluding hydrogens is 398 g/mol. The molecule has 1 atom stereocenters. The second-order valence-electron chi connectivity index (χ2n) is 7.58. The minimum atomic E-state index is -0.912. The maximum Gasteiger partial charge on any atom is 0.262 e. The number of aliphatic hydroxyl groups is 1. The number of hydrogen-bond acceptors (Lipinski definition) is 3. The molecule has 0 saturated carbocycles. The zero-order valence-electron chi connectivity index (χ0n) is 17.4. The number of ether oxygens (including phenoxy) is 1. The summed E-state index contributed by atoms with van der Waals surface area (Å²) in [6, 6.07) is 20.3. The minimum absolute atomic E-state index is 0.132. The van der Waals surface area contributed by atoms with Crippen LogP contribution in [-0.4, -0.2) is 17.6 Å². The van der Waals surface area contributed by atoms with Crippen LogP contribution in [0.3, 0.4) is 0 Å². The van der Waals surface area contributed by atoms with E-state index in [1.807, 2.05) is 55.5 Å². The average molecular weight is 424 g/mol. The summed E-state index contributed by atoms with van der Waals surface area (Å²) in [6.45, 7) is 6.03. The Balaban J connectivity index is 1.76. The van der Waals surface area contributed by atoms with Gasteiger partial charge in [0.15, 0.2) is 6.61 Å². The van der Waals surface area contributed by atoms with E-state index in [0.717, 1.165) is 11.1 Å². The molecule has 0 saturated heterocycles.